The fraction of sp³-hybridized carbons (Fsp3) is 0.357. The van der Waals surface area contributed by atoms with Crippen molar-refractivity contribution < 1.29 is 14.6 Å². The molecule has 3 nitrogen and oxygen atoms in total. The van der Waals surface area contributed by atoms with E-state index in [4.69, 9.17) is 9.84 Å². The molecule has 0 spiro atoms. The molecule has 17 heavy (non-hydrogen) atoms. The van der Waals surface area contributed by atoms with Gasteiger partial charge in [-0.25, -0.2) is 4.79 Å². The molecular weight excluding hydrogens is 216 g/mol. The van der Waals surface area contributed by atoms with Crippen LogP contribution in [0.2, 0.25) is 0 Å². The van der Waals surface area contributed by atoms with Crippen LogP contribution in [0, 0.1) is 5.92 Å². The number of aliphatic carboxylic acids is 1. The maximum absolute atomic E-state index is 10.8. The third-order valence-electron chi connectivity index (χ3n) is 2.64. The molecule has 0 fully saturated rings. The Labute approximate surface area is 102 Å². The van der Waals surface area contributed by atoms with Gasteiger partial charge in [0.1, 0.15) is 5.75 Å². The summed E-state index contributed by atoms with van der Waals surface area (Å²) in [4.78, 5) is 10.8. The van der Waals surface area contributed by atoms with E-state index in [-0.39, 0.29) is 5.92 Å². The molecule has 0 aliphatic carbocycles. The lowest BCUT2D eigenvalue weighted by atomic mass is 9.95. The minimum atomic E-state index is -0.899. The van der Waals surface area contributed by atoms with Crippen LogP contribution in [-0.4, -0.2) is 18.2 Å². The first kappa shape index (κ1) is 13.3. The normalized spacial score (nSPS) is 11.6. The van der Waals surface area contributed by atoms with Gasteiger partial charge < -0.3 is 9.84 Å². The predicted octanol–water partition coefficient (Wildman–Crippen LogP) is 2.90. The minimum Gasteiger partial charge on any atom is -0.496 e. The van der Waals surface area contributed by atoms with Gasteiger partial charge in [-0.1, -0.05) is 37.6 Å². The van der Waals surface area contributed by atoms with Crippen molar-refractivity contribution in [3.8, 4) is 5.75 Å². The zero-order chi connectivity index (χ0) is 12.8. The Bertz CT molecular complexity index is 419. The van der Waals surface area contributed by atoms with Gasteiger partial charge in [-0.05, 0) is 24.0 Å². The number of methoxy groups -OCH3 is 1. The van der Waals surface area contributed by atoms with Crippen molar-refractivity contribution in [2.75, 3.05) is 7.11 Å². The molecule has 1 aromatic carbocycles. The van der Waals surface area contributed by atoms with Crippen LogP contribution in [0.3, 0.4) is 0 Å². The number of para-hydroxylation sites is 1. The topological polar surface area (TPSA) is 46.5 Å². The number of carboxylic acids is 1. The van der Waals surface area contributed by atoms with Crippen LogP contribution < -0.4 is 4.74 Å². The third kappa shape index (κ3) is 3.94. The van der Waals surface area contributed by atoms with Crippen molar-refractivity contribution in [3.63, 3.8) is 0 Å². The van der Waals surface area contributed by atoms with E-state index in [1.165, 1.54) is 6.08 Å². The molecule has 0 saturated carbocycles. The van der Waals surface area contributed by atoms with Crippen molar-refractivity contribution >= 4 is 5.97 Å². The first-order chi connectivity index (χ1) is 8.04. The molecule has 0 bridgehead atoms. The first-order valence-electron chi connectivity index (χ1n) is 5.60. The molecule has 1 aromatic rings. The standard InChI is InChI=1S/C14H18O3/c1-10(2)12(9-14(15)16)8-11-6-4-5-7-13(11)17-3/h4-7,9-10H,8H2,1-3H3,(H,15,16)/b12-9-. The van der Waals surface area contributed by atoms with Gasteiger partial charge in [-0.15, -0.1) is 0 Å². The van der Waals surface area contributed by atoms with E-state index in [0.717, 1.165) is 16.9 Å². The molecule has 0 amide bonds. The lowest BCUT2D eigenvalue weighted by Gasteiger charge is -2.13. The molecular formula is C14H18O3. The fourth-order valence-corrected chi connectivity index (χ4v) is 1.65. The number of rotatable bonds is 5. The van der Waals surface area contributed by atoms with Crippen LogP contribution in [0.15, 0.2) is 35.9 Å². The lowest BCUT2D eigenvalue weighted by molar-refractivity contribution is -0.131. The Morgan fingerprint density at radius 1 is 1.41 bits per heavy atom. The number of benzene rings is 1. The molecule has 3 heteroatoms. The Morgan fingerprint density at radius 3 is 2.59 bits per heavy atom. The van der Waals surface area contributed by atoms with E-state index in [2.05, 4.69) is 0 Å². The smallest absolute Gasteiger partial charge is 0.328 e. The van der Waals surface area contributed by atoms with E-state index in [0.29, 0.717) is 6.42 Å². The van der Waals surface area contributed by atoms with Crippen LogP contribution in [0.4, 0.5) is 0 Å². The highest BCUT2D eigenvalue weighted by molar-refractivity contribution is 5.80. The van der Waals surface area contributed by atoms with Crippen molar-refractivity contribution in [1.82, 2.24) is 0 Å². The minimum absolute atomic E-state index is 0.205. The lowest BCUT2D eigenvalue weighted by Crippen LogP contribution is -2.03. The Balaban J connectivity index is 2.98. The van der Waals surface area contributed by atoms with Crippen molar-refractivity contribution in [1.29, 1.82) is 0 Å². The number of carboxylic acid groups (broad SMARTS) is 1. The number of hydrogen-bond donors (Lipinski definition) is 1. The second kappa shape index (κ2) is 6.09. The Hall–Kier alpha value is -1.77. The van der Waals surface area contributed by atoms with Gasteiger partial charge in [0, 0.05) is 6.08 Å². The third-order valence-corrected chi connectivity index (χ3v) is 2.64. The Kier molecular flexibility index (Phi) is 4.76. The zero-order valence-corrected chi connectivity index (χ0v) is 10.4. The van der Waals surface area contributed by atoms with E-state index < -0.39 is 5.97 Å². The van der Waals surface area contributed by atoms with Crippen molar-refractivity contribution in [2.45, 2.75) is 20.3 Å². The molecule has 0 radical (unpaired) electrons. The summed E-state index contributed by atoms with van der Waals surface area (Å²) in [5.74, 6) is 0.101. The second-order valence-electron chi connectivity index (χ2n) is 4.20. The van der Waals surface area contributed by atoms with E-state index in [1.54, 1.807) is 7.11 Å². The highest BCUT2D eigenvalue weighted by Crippen LogP contribution is 2.23. The monoisotopic (exact) mass is 234 g/mol. The molecule has 1 rings (SSSR count). The van der Waals surface area contributed by atoms with Gasteiger partial charge >= 0.3 is 5.97 Å². The quantitative estimate of drug-likeness (QED) is 0.797. The maximum Gasteiger partial charge on any atom is 0.328 e. The zero-order valence-electron chi connectivity index (χ0n) is 10.4. The van der Waals surface area contributed by atoms with Crippen molar-refractivity contribution in [3.05, 3.63) is 41.5 Å². The number of allylic oxidation sites excluding steroid dienone is 1. The number of carbonyl (C=O) groups is 1. The number of hydrogen-bond acceptors (Lipinski definition) is 2. The summed E-state index contributed by atoms with van der Waals surface area (Å²) in [6.45, 7) is 3.98. The molecule has 0 unspecified atom stereocenters. The molecule has 0 aliphatic rings. The van der Waals surface area contributed by atoms with E-state index >= 15 is 0 Å². The van der Waals surface area contributed by atoms with Gasteiger partial charge in [0.05, 0.1) is 7.11 Å². The summed E-state index contributed by atoms with van der Waals surface area (Å²) in [5.41, 5.74) is 1.90. The second-order valence-corrected chi connectivity index (χ2v) is 4.20. The summed E-state index contributed by atoms with van der Waals surface area (Å²) in [6, 6.07) is 7.67. The summed E-state index contributed by atoms with van der Waals surface area (Å²) >= 11 is 0. The fourth-order valence-electron chi connectivity index (χ4n) is 1.65. The van der Waals surface area contributed by atoms with Gasteiger partial charge in [0.25, 0.3) is 0 Å². The average molecular weight is 234 g/mol. The summed E-state index contributed by atoms with van der Waals surface area (Å²) in [5, 5.41) is 8.83. The Morgan fingerprint density at radius 2 is 2.06 bits per heavy atom. The van der Waals surface area contributed by atoms with Crippen LogP contribution in [0.5, 0.6) is 5.75 Å². The highest BCUT2D eigenvalue weighted by Gasteiger charge is 2.10. The van der Waals surface area contributed by atoms with Crippen LogP contribution in [0.1, 0.15) is 19.4 Å². The van der Waals surface area contributed by atoms with Gasteiger partial charge in [-0.2, -0.15) is 0 Å². The highest BCUT2D eigenvalue weighted by atomic mass is 16.5. The largest absolute Gasteiger partial charge is 0.496 e. The molecule has 92 valence electrons. The molecule has 1 N–H and O–H groups in total. The first-order valence-corrected chi connectivity index (χ1v) is 5.60. The molecule has 0 aromatic heterocycles. The molecule has 0 saturated heterocycles. The summed E-state index contributed by atoms with van der Waals surface area (Å²) in [7, 11) is 1.62. The maximum atomic E-state index is 10.8. The average Bonchev–Trinajstić information content (AvgIpc) is 2.28. The van der Waals surface area contributed by atoms with Crippen LogP contribution in [-0.2, 0) is 11.2 Å². The molecule has 0 heterocycles. The van der Waals surface area contributed by atoms with Crippen molar-refractivity contribution in [2.24, 2.45) is 5.92 Å². The van der Waals surface area contributed by atoms with Crippen LogP contribution >= 0.6 is 0 Å². The van der Waals surface area contributed by atoms with E-state index in [9.17, 15) is 4.79 Å². The van der Waals surface area contributed by atoms with E-state index in [1.807, 2.05) is 38.1 Å². The van der Waals surface area contributed by atoms with Crippen LogP contribution in [0.25, 0.3) is 0 Å². The number of ether oxygens (including phenoxy) is 1. The summed E-state index contributed by atoms with van der Waals surface area (Å²) in [6.07, 6.45) is 1.89. The van der Waals surface area contributed by atoms with Gasteiger partial charge in [0.15, 0.2) is 0 Å². The van der Waals surface area contributed by atoms with Gasteiger partial charge in [0.2, 0.25) is 0 Å². The predicted molar refractivity (Wildman–Crippen MR) is 67.3 cm³/mol. The summed E-state index contributed by atoms with van der Waals surface area (Å²) < 4.78 is 5.26. The molecule has 0 aliphatic heterocycles. The van der Waals surface area contributed by atoms with Gasteiger partial charge in [-0.3, -0.25) is 0 Å². The molecule has 0 atom stereocenters. The SMILES string of the molecule is COc1ccccc1C/C(=C/C(=O)O)C(C)C.